The third-order valence-corrected chi connectivity index (χ3v) is 1.45. The summed E-state index contributed by atoms with van der Waals surface area (Å²) in [6, 6.07) is 1.87. The van der Waals surface area contributed by atoms with Gasteiger partial charge in [-0.05, 0) is 18.6 Å². The average Bonchev–Trinajstić information content (AvgIpc) is 1.89. The summed E-state index contributed by atoms with van der Waals surface area (Å²) in [5.74, 6) is 0.515. The number of aryl methyl sites for hydroxylation is 1. The number of aromatic nitrogens is 2. The normalized spacial score (nSPS) is 8.60. The molecule has 1 rings (SSSR count). The predicted molar refractivity (Wildman–Crippen MR) is 43.6 cm³/mol. The van der Waals surface area contributed by atoms with Crippen LogP contribution in [0.1, 0.15) is 11.3 Å². The summed E-state index contributed by atoms with van der Waals surface area (Å²) in [4.78, 5) is 0. The fourth-order valence-corrected chi connectivity index (χ4v) is 0.852. The molecule has 0 aliphatic rings. The van der Waals surface area contributed by atoms with Crippen LogP contribution in [0.15, 0.2) is 12.3 Å². The van der Waals surface area contributed by atoms with Crippen molar-refractivity contribution >= 4 is 24.0 Å². The zero-order valence-electron chi connectivity index (χ0n) is 5.54. The highest BCUT2D eigenvalue weighted by Crippen LogP contribution is 2.04. The van der Waals surface area contributed by atoms with E-state index in [1.165, 1.54) is 0 Å². The molecule has 0 saturated heterocycles. The van der Waals surface area contributed by atoms with Crippen LogP contribution in [-0.4, -0.2) is 10.2 Å². The topological polar surface area (TPSA) is 25.8 Å². The van der Waals surface area contributed by atoms with Crippen LogP contribution < -0.4 is 0 Å². The van der Waals surface area contributed by atoms with Gasteiger partial charge in [0.05, 0.1) is 5.69 Å². The second kappa shape index (κ2) is 4.47. The van der Waals surface area contributed by atoms with E-state index in [0.29, 0.717) is 5.88 Å². The predicted octanol–water partition coefficient (Wildman–Crippen LogP) is 1.95. The number of alkyl halides is 1. The zero-order valence-corrected chi connectivity index (χ0v) is 7.11. The van der Waals surface area contributed by atoms with Crippen molar-refractivity contribution in [2.24, 2.45) is 0 Å². The minimum absolute atomic E-state index is 0. The van der Waals surface area contributed by atoms with E-state index in [9.17, 15) is 0 Å². The van der Waals surface area contributed by atoms with Gasteiger partial charge in [0, 0.05) is 12.1 Å². The molecule has 1 aromatic rings. The van der Waals surface area contributed by atoms with E-state index >= 15 is 0 Å². The highest BCUT2D eigenvalue weighted by molar-refractivity contribution is 6.17. The highest BCUT2D eigenvalue weighted by atomic mass is 35.5. The Balaban J connectivity index is 0.000000810. The van der Waals surface area contributed by atoms with Gasteiger partial charge in [0.15, 0.2) is 0 Å². The lowest BCUT2D eigenvalue weighted by Crippen LogP contribution is -1.90. The lowest BCUT2D eigenvalue weighted by molar-refractivity contribution is 0.956. The Bertz CT molecular complexity index is 203. The van der Waals surface area contributed by atoms with Crippen molar-refractivity contribution in [2.75, 3.05) is 0 Å². The van der Waals surface area contributed by atoms with Gasteiger partial charge in [-0.3, -0.25) is 0 Å². The van der Waals surface area contributed by atoms with Gasteiger partial charge in [0.25, 0.3) is 0 Å². The van der Waals surface area contributed by atoms with Crippen molar-refractivity contribution in [1.82, 2.24) is 10.2 Å². The Morgan fingerprint density at radius 1 is 1.60 bits per heavy atom. The van der Waals surface area contributed by atoms with Crippen LogP contribution in [0, 0.1) is 6.92 Å². The van der Waals surface area contributed by atoms with Gasteiger partial charge in [0.2, 0.25) is 0 Å². The third kappa shape index (κ3) is 2.12. The van der Waals surface area contributed by atoms with Gasteiger partial charge >= 0.3 is 0 Å². The van der Waals surface area contributed by atoms with Gasteiger partial charge in [-0.1, -0.05) is 0 Å². The van der Waals surface area contributed by atoms with E-state index in [1.807, 2.05) is 13.0 Å². The van der Waals surface area contributed by atoms with Crippen molar-refractivity contribution in [3.63, 3.8) is 0 Å². The SMILES string of the molecule is Cc1nnccc1CCl.Cl. The van der Waals surface area contributed by atoms with E-state index in [0.717, 1.165) is 11.3 Å². The maximum atomic E-state index is 5.56. The lowest BCUT2D eigenvalue weighted by Gasteiger charge is -1.94. The number of nitrogens with zero attached hydrogens (tertiary/aromatic N) is 2. The van der Waals surface area contributed by atoms with Gasteiger partial charge in [0.1, 0.15) is 0 Å². The van der Waals surface area contributed by atoms with Crippen molar-refractivity contribution in [3.8, 4) is 0 Å². The van der Waals surface area contributed by atoms with Crippen LogP contribution in [0.5, 0.6) is 0 Å². The molecular formula is C6H8Cl2N2. The first-order valence-electron chi connectivity index (χ1n) is 2.67. The fourth-order valence-electron chi connectivity index (χ4n) is 0.569. The second-order valence-electron chi connectivity index (χ2n) is 1.78. The maximum absolute atomic E-state index is 5.56. The summed E-state index contributed by atoms with van der Waals surface area (Å²) in [5, 5.41) is 7.50. The molecule has 0 amide bonds. The quantitative estimate of drug-likeness (QED) is 0.615. The molecule has 56 valence electrons. The second-order valence-corrected chi connectivity index (χ2v) is 2.04. The third-order valence-electron chi connectivity index (χ3n) is 1.16. The van der Waals surface area contributed by atoms with Gasteiger partial charge < -0.3 is 0 Å². The zero-order chi connectivity index (χ0) is 6.69. The molecule has 2 nitrogen and oxygen atoms in total. The molecule has 0 spiro atoms. The molecule has 0 aromatic carbocycles. The highest BCUT2D eigenvalue weighted by Gasteiger charge is 1.93. The fraction of sp³-hybridized carbons (Fsp3) is 0.333. The first kappa shape index (κ1) is 9.66. The van der Waals surface area contributed by atoms with Crippen LogP contribution in [0.3, 0.4) is 0 Å². The average molecular weight is 179 g/mol. The Kier molecular flexibility index (Phi) is 4.32. The molecule has 0 fully saturated rings. The molecule has 0 N–H and O–H groups in total. The standard InChI is InChI=1S/C6H7ClN2.ClH/c1-5-6(4-7)2-3-8-9-5;/h2-3H,4H2,1H3;1H. The van der Waals surface area contributed by atoms with Crippen LogP contribution in [0.2, 0.25) is 0 Å². The minimum Gasteiger partial charge on any atom is -0.159 e. The van der Waals surface area contributed by atoms with Crippen molar-refractivity contribution in [3.05, 3.63) is 23.5 Å². The number of rotatable bonds is 1. The smallest absolute Gasteiger partial charge is 0.0644 e. The molecule has 1 aromatic heterocycles. The molecule has 0 unspecified atom stereocenters. The summed E-state index contributed by atoms with van der Waals surface area (Å²) in [6.45, 7) is 1.89. The van der Waals surface area contributed by atoms with E-state index in [4.69, 9.17) is 11.6 Å². The van der Waals surface area contributed by atoms with Crippen molar-refractivity contribution in [2.45, 2.75) is 12.8 Å². The van der Waals surface area contributed by atoms with Crippen molar-refractivity contribution in [1.29, 1.82) is 0 Å². The molecule has 0 saturated carbocycles. The van der Waals surface area contributed by atoms with Crippen LogP contribution in [-0.2, 0) is 5.88 Å². The molecule has 4 heteroatoms. The van der Waals surface area contributed by atoms with E-state index in [-0.39, 0.29) is 12.4 Å². The van der Waals surface area contributed by atoms with Crippen LogP contribution >= 0.6 is 24.0 Å². The Morgan fingerprint density at radius 2 is 2.30 bits per heavy atom. The van der Waals surface area contributed by atoms with Gasteiger partial charge in [-0.25, -0.2) is 0 Å². The summed E-state index contributed by atoms with van der Waals surface area (Å²) in [7, 11) is 0. The Morgan fingerprint density at radius 3 is 2.70 bits per heavy atom. The first-order valence-corrected chi connectivity index (χ1v) is 3.21. The lowest BCUT2D eigenvalue weighted by atomic mass is 10.3. The molecule has 0 aliphatic carbocycles. The van der Waals surface area contributed by atoms with E-state index in [1.54, 1.807) is 6.20 Å². The molecule has 0 aliphatic heterocycles. The number of hydrogen-bond acceptors (Lipinski definition) is 2. The Labute approximate surface area is 71.0 Å². The summed E-state index contributed by atoms with van der Waals surface area (Å²) >= 11 is 5.56. The maximum Gasteiger partial charge on any atom is 0.0644 e. The number of hydrogen-bond donors (Lipinski definition) is 0. The Hall–Kier alpha value is -0.340. The van der Waals surface area contributed by atoms with Crippen LogP contribution in [0.25, 0.3) is 0 Å². The molecule has 1 heterocycles. The molecule has 0 radical (unpaired) electrons. The summed E-state index contributed by atoms with van der Waals surface area (Å²) in [5.41, 5.74) is 1.96. The molecule has 0 atom stereocenters. The van der Waals surface area contributed by atoms with E-state index in [2.05, 4.69) is 10.2 Å². The summed E-state index contributed by atoms with van der Waals surface area (Å²) in [6.07, 6.45) is 1.64. The first-order chi connectivity index (χ1) is 4.34. The van der Waals surface area contributed by atoms with E-state index < -0.39 is 0 Å². The molecular weight excluding hydrogens is 171 g/mol. The van der Waals surface area contributed by atoms with Crippen molar-refractivity contribution < 1.29 is 0 Å². The summed E-state index contributed by atoms with van der Waals surface area (Å²) < 4.78 is 0. The van der Waals surface area contributed by atoms with Gasteiger partial charge in [-0.15, -0.1) is 24.0 Å². The van der Waals surface area contributed by atoms with Crippen LogP contribution in [0.4, 0.5) is 0 Å². The molecule has 0 bridgehead atoms. The monoisotopic (exact) mass is 178 g/mol. The number of halogens is 2. The molecule has 10 heavy (non-hydrogen) atoms. The minimum atomic E-state index is 0. The van der Waals surface area contributed by atoms with Gasteiger partial charge in [-0.2, -0.15) is 10.2 Å². The largest absolute Gasteiger partial charge is 0.159 e.